The van der Waals surface area contributed by atoms with E-state index in [1.54, 1.807) is 23.4 Å². The van der Waals surface area contributed by atoms with Gasteiger partial charge >= 0.3 is 0 Å². The Morgan fingerprint density at radius 3 is 2.50 bits per heavy atom. The number of pyridine rings is 1. The molecule has 5 nitrogen and oxygen atoms in total. The zero-order valence-corrected chi connectivity index (χ0v) is 16.8. The summed E-state index contributed by atoms with van der Waals surface area (Å²) in [5, 5.41) is 0.502. The molecule has 0 N–H and O–H groups in total. The van der Waals surface area contributed by atoms with E-state index in [1.807, 2.05) is 62.4 Å². The summed E-state index contributed by atoms with van der Waals surface area (Å²) in [5.41, 5.74) is 4.55. The number of benzene rings is 2. The molecule has 0 bridgehead atoms. The maximum absolute atomic E-state index is 13.5. The molecule has 5 rings (SSSR count). The highest BCUT2D eigenvalue weighted by Crippen LogP contribution is 2.39. The molecule has 4 aromatic rings. The van der Waals surface area contributed by atoms with Crippen molar-refractivity contribution in [3.63, 3.8) is 0 Å². The van der Waals surface area contributed by atoms with Gasteiger partial charge in [-0.05, 0) is 43.2 Å². The van der Waals surface area contributed by atoms with Crippen LogP contribution in [0.15, 0.2) is 76.2 Å². The highest BCUT2D eigenvalue weighted by atomic mass is 16.3. The van der Waals surface area contributed by atoms with Crippen LogP contribution in [0.4, 0.5) is 0 Å². The van der Waals surface area contributed by atoms with E-state index >= 15 is 0 Å². The minimum atomic E-state index is -0.505. The van der Waals surface area contributed by atoms with Crippen LogP contribution in [0.3, 0.4) is 0 Å². The zero-order chi connectivity index (χ0) is 20.8. The summed E-state index contributed by atoms with van der Waals surface area (Å²) >= 11 is 0. The van der Waals surface area contributed by atoms with Gasteiger partial charge in [-0.2, -0.15) is 0 Å². The third-order valence-electron chi connectivity index (χ3n) is 5.59. The number of fused-ring (bicyclic) bond motifs is 2. The van der Waals surface area contributed by atoms with Crippen LogP contribution >= 0.6 is 0 Å². The first-order valence-electron chi connectivity index (χ1n) is 9.87. The number of carbonyl (C=O) groups excluding carboxylic acids is 1. The number of aromatic nitrogens is 1. The molecule has 0 saturated carbocycles. The summed E-state index contributed by atoms with van der Waals surface area (Å²) in [6, 6.07) is 16.6. The van der Waals surface area contributed by atoms with Crippen molar-refractivity contribution in [3.8, 4) is 0 Å². The Hall–Kier alpha value is -3.73. The Bertz CT molecular complexity index is 1320. The molecule has 1 amide bonds. The van der Waals surface area contributed by atoms with Crippen LogP contribution < -0.4 is 5.43 Å². The molecule has 2 aromatic carbocycles. The normalized spacial score (nSPS) is 15.6. The van der Waals surface area contributed by atoms with Crippen LogP contribution in [0, 0.1) is 13.8 Å². The topological polar surface area (TPSA) is 63.4 Å². The van der Waals surface area contributed by atoms with Gasteiger partial charge < -0.3 is 9.32 Å². The first kappa shape index (κ1) is 18.3. The van der Waals surface area contributed by atoms with Gasteiger partial charge in [-0.3, -0.25) is 14.6 Å². The number of carbonyl (C=O) groups is 1. The van der Waals surface area contributed by atoms with Crippen LogP contribution in [0.5, 0.6) is 0 Å². The molecule has 148 valence electrons. The lowest BCUT2D eigenvalue weighted by Crippen LogP contribution is -2.29. The molecule has 3 heterocycles. The second-order valence-corrected chi connectivity index (χ2v) is 7.78. The monoisotopic (exact) mass is 396 g/mol. The third-order valence-corrected chi connectivity index (χ3v) is 5.59. The highest BCUT2D eigenvalue weighted by molar-refractivity contribution is 5.99. The SMILES string of the molecule is Cc1ccc([C@@H]2c3c(oc4ccc(C)cc4c3=O)C(=O)N2Cc2cccnc2)cc1. The molecule has 5 heteroatoms. The molecule has 2 aromatic heterocycles. The van der Waals surface area contributed by atoms with Crippen molar-refractivity contribution >= 4 is 16.9 Å². The van der Waals surface area contributed by atoms with Gasteiger partial charge in [-0.25, -0.2) is 0 Å². The number of nitrogens with zero attached hydrogens (tertiary/aromatic N) is 2. The van der Waals surface area contributed by atoms with E-state index in [2.05, 4.69) is 4.98 Å². The minimum absolute atomic E-state index is 0.130. The molecule has 30 heavy (non-hydrogen) atoms. The summed E-state index contributed by atoms with van der Waals surface area (Å²) in [5.74, 6) is -0.148. The van der Waals surface area contributed by atoms with Gasteiger partial charge in [0.05, 0.1) is 17.0 Å². The predicted molar refractivity (Wildman–Crippen MR) is 114 cm³/mol. The Kier molecular flexibility index (Phi) is 4.24. The fourth-order valence-corrected chi connectivity index (χ4v) is 4.08. The van der Waals surface area contributed by atoms with E-state index in [-0.39, 0.29) is 17.1 Å². The molecule has 0 aliphatic carbocycles. The Morgan fingerprint density at radius 2 is 1.77 bits per heavy atom. The molecule has 0 unspecified atom stereocenters. The number of aryl methyl sites for hydroxylation is 2. The van der Waals surface area contributed by atoms with E-state index < -0.39 is 6.04 Å². The van der Waals surface area contributed by atoms with Crippen molar-refractivity contribution in [1.82, 2.24) is 9.88 Å². The average Bonchev–Trinajstić information content (AvgIpc) is 3.02. The van der Waals surface area contributed by atoms with Crippen molar-refractivity contribution in [2.45, 2.75) is 26.4 Å². The third kappa shape index (κ3) is 2.90. The molecule has 0 fully saturated rings. The quantitative estimate of drug-likeness (QED) is 0.510. The first-order chi connectivity index (χ1) is 14.5. The molecular formula is C25H20N2O3. The van der Waals surface area contributed by atoms with Crippen LogP contribution in [0.1, 0.15) is 44.4 Å². The van der Waals surface area contributed by atoms with Crippen molar-refractivity contribution in [2.75, 3.05) is 0 Å². The summed E-state index contributed by atoms with van der Waals surface area (Å²) in [6.07, 6.45) is 3.43. The molecule has 0 radical (unpaired) electrons. The molecule has 1 aliphatic heterocycles. The summed E-state index contributed by atoms with van der Waals surface area (Å²) < 4.78 is 5.99. The highest BCUT2D eigenvalue weighted by Gasteiger charge is 2.42. The number of hydrogen-bond donors (Lipinski definition) is 0. The van der Waals surface area contributed by atoms with Gasteiger partial charge in [0.25, 0.3) is 5.91 Å². The summed E-state index contributed by atoms with van der Waals surface area (Å²) in [7, 11) is 0. The first-order valence-corrected chi connectivity index (χ1v) is 9.87. The van der Waals surface area contributed by atoms with Crippen LogP contribution in [0.25, 0.3) is 11.0 Å². The summed E-state index contributed by atoms with van der Waals surface area (Å²) in [4.78, 5) is 32.8. The Morgan fingerprint density at radius 1 is 1.00 bits per heavy atom. The molecule has 1 aliphatic rings. The molecule has 0 saturated heterocycles. The van der Waals surface area contributed by atoms with Crippen molar-refractivity contribution < 1.29 is 9.21 Å². The van der Waals surface area contributed by atoms with Gasteiger partial charge in [0.15, 0.2) is 5.43 Å². The molecule has 1 atom stereocenters. The van der Waals surface area contributed by atoms with Crippen LogP contribution in [-0.4, -0.2) is 15.8 Å². The number of rotatable bonds is 3. The van der Waals surface area contributed by atoms with Gasteiger partial charge in [0, 0.05) is 18.9 Å². The Balaban J connectivity index is 1.74. The van der Waals surface area contributed by atoms with E-state index in [1.165, 1.54) is 0 Å². The van der Waals surface area contributed by atoms with Gasteiger partial charge in [0.1, 0.15) is 5.58 Å². The fourth-order valence-electron chi connectivity index (χ4n) is 4.08. The van der Waals surface area contributed by atoms with Gasteiger partial charge in [-0.15, -0.1) is 0 Å². The largest absolute Gasteiger partial charge is 0.450 e. The lowest BCUT2D eigenvalue weighted by molar-refractivity contribution is 0.0714. The van der Waals surface area contributed by atoms with E-state index in [0.717, 1.165) is 22.3 Å². The number of amides is 1. The second kappa shape index (κ2) is 6.95. The van der Waals surface area contributed by atoms with E-state index in [0.29, 0.717) is 23.1 Å². The van der Waals surface area contributed by atoms with Crippen molar-refractivity contribution in [2.24, 2.45) is 0 Å². The predicted octanol–water partition coefficient (Wildman–Crippen LogP) is 4.55. The Labute approximate surface area is 173 Å². The van der Waals surface area contributed by atoms with Crippen molar-refractivity contribution in [1.29, 1.82) is 0 Å². The lowest BCUT2D eigenvalue weighted by atomic mass is 9.97. The molecular weight excluding hydrogens is 376 g/mol. The second-order valence-electron chi connectivity index (χ2n) is 7.78. The van der Waals surface area contributed by atoms with Crippen LogP contribution in [0.2, 0.25) is 0 Å². The maximum Gasteiger partial charge on any atom is 0.291 e. The van der Waals surface area contributed by atoms with Crippen molar-refractivity contribution in [3.05, 3.63) is 111 Å². The number of hydrogen-bond acceptors (Lipinski definition) is 4. The van der Waals surface area contributed by atoms with E-state index in [4.69, 9.17) is 4.42 Å². The zero-order valence-electron chi connectivity index (χ0n) is 16.8. The minimum Gasteiger partial charge on any atom is -0.450 e. The maximum atomic E-state index is 13.5. The van der Waals surface area contributed by atoms with Gasteiger partial charge in [0.2, 0.25) is 5.76 Å². The lowest BCUT2D eigenvalue weighted by Gasteiger charge is -2.25. The fraction of sp³-hybridized carbons (Fsp3) is 0.160. The average molecular weight is 396 g/mol. The van der Waals surface area contributed by atoms with Crippen LogP contribution in [-0.2, 0) is 6.54 Å². The molecule has 0 spiro atoms. The summed E-state index contributed by atoms with van der Waals surface area (Å²) in [6.45, 7) is 4.28. The van der Waals surface area contributed by atoms with Gasteiger partial charge in [-0.1, -0.05) is 47.5 Å². The standard InChI is InChI=1S/C25H20N2O3/c1-15-5-8-18(9-6-15)22-21-23(28)19-12-16(2)7-10-20(19)30-24(21)25(29)27(22)14-17-4-3-11-26-13-17/h3-13,22H,14H2,1-2H3/t22-/m1/s1. The smallest absolute Gasteiger partial charge is 0.291 e. The van der Waals surface area contributed by atoms with E-state index in [9.17, 15) is 9.59 Å².